The average molecular weight is 351 g/mol. The van der Waals surface area contributed by atoms with Gasteiger partial charge in [-0.3, -0.25) is 0 Å². The van der Waals surface area contributed by atoms with Gasteiger partial charge in [-0.25, -0.2) is 0 Å². The molecule has 2 heterocycles. The highest BCUT2D eigenvalue weighted by atomic mass is 32.2. The molecule has 3 aromatic rings. The molecule has 0 radical (unpaired) electrons. The van der Waals surface area contributed by atoms with Crippen LogP contribution in [-0.4, -0.2) is 35.3 Å². The van der Waals surface area contributed by atoms with Gasteiger partial charge in [-0.05, 0) is 49.0 Å². The second kappa shape index (κ2) is 8.11. The number of hydrogen-bond acceptors (Lipinski definition) is 2. The monoisotopic (exact) mass is 350 g/mol. The van der Waals surface area contributed by atoms with Crippen molar-refractivity contribution in [1.29, 1.82) is 0 Å². The van der Waals surface area contributed by atoms with E-state index in [1.165, 1.54) is 60.3 Å². The Balaban J connectivity index is 1.20. The quantitative estimate of drug-likeness (QED) is 0.610. The Morgan fingerprint density at radius 2 is 1.72 bits per heavy atom. The summed E-state index contributed by atoms with van der Waals surface area (Å²) in [7, 11) is 0. The van der Waals surface area contributed by atoms with E-state index in [-0.39, 0.29) is 0 Å². The van der Waals surface area contributed by atoms with Crippen molar-refractivity contribution in [3.05, 3.63) is 71.9 Å². The molecule has 1 aliphatic rings. The predicted octanol–water partition coefficient (Wildman–Crippen LogP) is 5.28. The Morgan fingerprint density at radius 3 is 2.56 bits per heavy atom. The van der Waals surface area contributed by atoms with Gasteiger partial charge in [-0.15, -0.1) is 0 Å². The van der Waals surface area contributed by atoms with Crippen LogP contribution < -0.4 is 0 Å². The van der Waals surface area contributed by atoms with Gasteiger partial charge in [0, 0.05) is 35.2 Å². The maximum Gasteiger partial charge on any atom is 0.0457 e. The molecular weight excluding hydrogens is 324 g/mol. The third-order valence-corrected chi connectivity index (χ3v) is 6.33. The zero-order valence-corrected chi connectivity index (χ0v) is 15.5. The third kappa shape index (κ3) is 4.10. The highest BCUT2D eigenvalue weighted by molar-refractivity contribution is 7.98. The fraction of sp³-hybridized carbons (Fsp3) is 0.364. The summed E-state index contributed by atoms with van der Waals surface area (Å²) < 4.78 is 0. The molecular formula is C22H26N2S. The fourth-order valence-electron chi connectivity index (χ4n) is 3.84. The Kier molecular flexibility index (Phi) is 5.43. The zero-order chi connectivity index (χ0) is 16.9. The van der Waals surface area contributed by atoms with Crippen LogP contribution in [0.4, 0.5) is 0 Å². The first kappa shape index (κ1) is 16.7. The molecule has 1 aromatic heterocycles. The van der Waals surface area contributed by atoms with Gasteiger partial charge in [0.05, 0.1) is 0 Å². The molecule has 25 heavy (non-hydrogen) atoms. The number of H-pyrrole nitrogens is 1. The van der Waals surface area contributed by atoms with Gasteiger partial charge in [0.2, 0.25) is 0 Å². The number of benzene rings is 2. The molecule has 2 nitrogen and oxygen atoms in total. The Labute approximate surface area is 154 Å². The van der Waals surface area contributed by atoms with Gasteiger partial charge in [0.1, 0.15) is 0 Å². The van der Waals surface area contributed by atoms with E-state index in [1.807, 2.05) is 0 Å². The molecule has 3 heteroatoms. The van der Waals surface area contributed by atoms with Crippen LogP contribution in [0.1, 0.15) is 29.9 Å². The van der Waals surface area contributed by atoms with Crippen LogP contribution in [0.3, 0.4) is 0 Å². The predicted molar refractivity (Wildman–Crippen MR) is 109 cm³/mol. The molecule has 0 spiro atoms. The minimum Gasteiger partial charge on any atom is -0.361 e. The maximum atomic E-state index is 3.38. The number of fused-ring (bicyclic) bond motifs is 1. The molecule has 0 unspecified atom stereocenters. The first-order chi connectivity index (χ1) is 12.4. The zero-order valence-electron chi connectivity index (χ0n) is 14.7. The number of nitrogens with zero attached hydrogens (tertiary/aromatic N) is 1. The highest BCUT2D eigenvalue weighted by Gasteiger charge is 2.19. The lowest BCUT2D eigenvalue weighted by atomic mass is 9.89. The van der Waals surface area contributed by atoms with E-state index < -0.39 is 0 Å². The number of likely N-dealkylation sites (tertiary alicyclic amines) is 1. The topological polar surface area (TPSA) is 19.0 Å². The summed E-state index contributed by atoms with van der Waals surface area (Å²) in [5.74, 6) is 3.08. The molecule has 0 aliphatic carbocycles. The van der Waals surface area contributed by atoms with Gasteiger partial charge >= 0.3 is 0 Å². The summed E-state index contributed by atoms with van der Waals surface area (Å²) in [6, 6.07) is 19.6. The van der Waals surface area contributed by atoms with Crippen LogP contribution in [0.25, 0.3) is 10.9 Å². The molecule has 1 N–H and O–H groups in total. The van der Waals surface area contributed by atoms with Crippen LogP contribution >= 0.6 is 11.8 Å². The van der Waals surface area contributed by atoms with Gasteiger partial charge in [-0.1, -0.05) is 48.5 Å². The molecule has 4 rings (SSSR count). The van der Waals surface area contributed by atoms with E-state index in [0.717, 1.165) is 11.7 Å². The molecule has 1 saturated heterocycles. The largest absolute Gasteiger partial charge is 0.361 e. The number of aromatic nitrogens is 1. The summed E-state index contributed by atoms with van der Waals surface area (Å²) in [5, 5.41) is 1.37. The van der Waals surface area contributed by atoms with Gasteiger partial charge in [0.25, 0.3) is 0 Å². The van der Waals surface area contributed by atoms with Gasteiger partial charge in [0.15, 0.2) is 0 Å². The lowest BCUT2D eigenvalue weighted by Gasteiger charge is -2.32. The van der Waals surface area contributed by atoms with Crippen molar-refractivity contribution in [1.82, 2.24) is 9.88 Å². The van der Waals surface area contributed by atoms with Crippen molar-refractivity contribution in [2.75, 3.05) is 25.4 Å². The summed E-state index contributed by atoms with van der Waals surface area (Å²) in [6.45, 7) is 3.70. The molecule has 1 fully saturated rings. The second-order valence-electron chi connectivity index (χ2n) is 6.94. The molecule has 130 valence electrons. The minimum atomic E-state index is 0.760. The van der Waals surface area contributed by atoms with Crippen LogP contribution in [0.2, 0.25) is 0 Å². The lowest BCUT2D eigenvalue weighted by molar-refractivity contribution is 0.224. The van der Waals surface area contributed by atoms with Crippen molar-refractivity contribution in [2.45, 2.75) is 24.5 Å². The molecule has 0 bridgehead atoms. The average Bonchev–Trinajstić information content (AvgIpc) is 3.10. The van der Waals surface area contributed by atoms with Crippen molar-refractivity contribution in [3.63, 3.8) is 0 Å². The van der Waals surface area contributed by atoms with Crippen molar-refractivity contribution >= 4 is 22.7 Å². The summed E-state index contributed by atoms with van der Waals surface area (Å²) in [5.41, 5.74) is 4.21. The second-order valence-corrected chi connectivity index (χ2v) is 8.04. The normalized spacial score (nSPS) is 16.5. The summed E-state index contributed by atoms with van der Waals surface area (Å²) >= 11 is 2.05. The van der Waals surface area contributed by atoms with Crippen molar-refractivity contribution in [3.8, 4) is 0 Å². The number of aromatic amines is 1. The van der Waals surface area contributed by atoms with E-state index in [0.29, 0.717) is 0 Å². The molecule has 0 amide bonds. The molecule has 1 aliphatic heterocycles. The SMILES string of the molecule is c1ccc(C2CCN(CCSCc3c[nH]c4ccccc34)CC2)cc1. The lowest BCUT2D eigenvalue weighted by Crippen LogP contribution is -2.34. The van der Waals surface area contributed by atoms with E-state index in [9.17, 15) is 0 Å². The highest BCUT2D eigenvalue weighted by Crippen LogP contribution is 2.28. The van der Waals surface area contributed by atoms with Crippen LogP contribution in [0.15, 0.2) is 60.8 Å². The van der Waals surface area contributed by atoms with Gasteiger partial charge in [-0.2, -0.15) is 11.8 Å². The molecule has 2 aromatic carbocycles. The van der Waals surface area contributed by atoms with Crippen molar-refractivity contribution in [2.24, 2.45) is 0 Å². The molecule has 0 saturated carbocycles. The number of thioether (sulfide) groups is 1. The van der Waals surface area contributed by atoms with Gasteiger partial charge < -0.3 is 9.88 Å². The number of nitrogens with one attached hydrogen (secondary N) is 1. The number of hydrogen-bond donors (Lipinski definition) is 1. The Bertz CT molecular complexity index is 788. The number of para-hydroxylation sites is 1. The Morgan fingerprint density at radius 1 is 0.960 bits per heavy atom. The fourth-order valence-corrected chi connectivity index (χ4v) is 4.83. The number of rotatable bonds is 6. The summed E-state index contributed by atoms with van der Waals surface area (Å²) in [4.78, 5) is 6.02. The minimum absolute atomic E-state index is 0.760. The van der Waals surface area contributed by atoms with E-state index in [4.69, 9.17) is 0 Å². The van der Waals surface area contributed by atoms with Crippen LogP contribution in [-0.2, 0) is 5.75 Å². The smallest absolute Gasteiger partial charge is 0.0457 e. The first-order valence-electron chi connectivity index (χ1n) is 9.30. The first-order valence-corrected chi connectivity index (χ1v) is 10.5. The maximum absolute atomic E-state index is 3.38. The van der Waals surface area contributed by atoms with E-state index >= 15 is 0 Å². The van der Waals surface area contributed by atoms with Crippen molar-refractivity contribution < 1.29 is 0 Å². The third-order valence-electron chi connectivity index (χ3n) is 5.34. The molecule has 0 atom stereocenters. The van der Waals surface area contributed by atoms with Crippen LogP contribution in [0, 0.1) is 0 Å². The van der Waals surface area contributed by atoms with E-state index in [2.05, 4.69) is 82.4 Å². The van der Waals surface area contributed by atoms with Crippen LogP contribution in [0.5, 0.6) is 0 Å². The summed E-state index contributed by atoms with van der Waals surface area (Å²) in [6.07, 6.45) is 4.78. The number of piperidine rings is 1. The van der Waals surface area contributed by atoms with E-state index in [1.54, 1.807) is 0 Å². The Hall–Kier alpha value is -1.71. The standard InChI is InChI=1S/C22H26N2S/c1-2-6-18(7-3-1)19-10-12-24(13-11-19)14-15-25-17-20-16-23-22-9-5-4-8-21(20)22/h1-9,16,19,23H,10-15,17H2.